The fourth-order valence-corrected chi connectivity index (χ4v) is 4.43. The van der Waals surface area contributed by atoms with E-state index in [1.807, 2.05) is 0 Å². The molecule has 0 aromatic heterocycles. The van der Waals surface area contributed by atoms with Gasteiger partial charge in [-0.2, -0.15) is 16.8 Å². The summed E-state index contributed by atoms with van der Waals surface area (Å²) in [4.78, 5) is -0.576. The van der Waals surface area contributed by atoms with Gasteiger partial charge in [-0.05, 0) is 35.7 Å². The largest absolute Gasteiger partial charge is 1.00 e. The predicted molar refractivity (Wildman–Crippen MR) is 113 cm³/mol. The van der Waals surface area contributed by atoms with Gasteiger partial charge in [0.1, 0.15) is 16.3 Å². The Labute approximate surface area is 233 Å². The van der Waals surface area contributed by atoms with Gasteiger partial charge in [0.2, 0.25) is 0 Å². The molecule has 0 amide bonds. The van der Waals surface area contributed by atoms with E-state index in [0.29, 0.717) is 16.2 Å². The van der Waals surface area contributed by atoms with Gasteiger partial charge < -0.3 is 5.11 Å². The molecule has 4 aromatic carbocycles. The van der Waals surface area contributed by atoms with Crippen molar-refractivity contribution in [2.24, 2.45) is 10.2 Å². The average Bonchev–Trinajstić information content (AvgIpc) is 2.71. The Balaban J connectivity index is 0.00000193. The van der Waals surface area contributed by atoms with E-state index in [4.69, 9.17) is 0 Å². The van der Waals surface area contributed by atoms with Crippen molar-refractivity contribution < 1.29 is 90.2 Å². The molecule has 33 heavy (non-hydrogen) atoms. The van der Waals surface area contributed by atoms with Crippen LogP contribution in [0.1, 0.15) is 0 Å². The molecule has 4 rings (SSSR count). The monoisotopic (exact) mass is 504 g/mol. The second-order valence-electron chi connectivity index (χ2n) is 6.59. The van der Waals surface area contributed by atoms with Crippen LogP contribution in [-0.4, -0.2) is 31.0 Å². The van der Waals surface area contributed by atoms with Gasteiger partial charge >= 0.3 is 59.1 Å². The van der Waals surface area contributed by atoms with Crippen LogP contribution in [0.3, 0.4) is 0 Å². The molecular formula is C20H14N2Na2O7S2+2. The molecule has 0 saturated heterocycles. The molecule has 158 valence electrons. The molecule has 0 fully saturated rings. The molecule has 0 aliphatic carbocycles. The van der Waals surface area contributed by atoms with Crippen LogP contribution in [-0.2, 0) is 20.2 Å². The first-order valence-electron chi connectivity index (χ1n) is 8.70. The Morgan fingerprint density at radius 1 is 0.667 bits per heavy atom. The summed E-state index contributed by atoms with van der Waals surface area (Å²) >= 11 is 0. The summed E-state index contributed by atoms with van der Waals surface area (Å²) in [6.07, 6.45) is 0. The van der Waals surface area contributed by atoms with E-state index in [0.717, 1.165) is 0 Å². The predicted octanol–water partition coefficient (Wildman–Crippen LogP) is -1.38. The zero-order valence-electron chi connectivity index (χ0n) is 17.5. The maximum absolute atomic E-state index is 11.6. The molecule has 0 unspecified atom stereocenters. The molecule has 9 nitrogen and oxygen atoms in total. The molecule has 0 aliphatic rings. The second-order valence-corrected chi connectivity index (χ2v) is 9.41. The molecule has 4 aromatic rings. The number of hydrogen-bond acceptors (Lipinski definition) is 7. The van der Waals surface area contributed by atoms with E-state index < -0.39 is 20.2 Å². The standard InChI is InChI=1S/C20H14N2O7S2.2Na/c23-18-9-5-12-11-13(30(24,25)26)6-7-14(12)20(18)22-21-17-8-10-19(31(27,28)29)16-4-2-1-3-15(16)17;;/h1-11,23H,(H,24,25,26)(H,27,28,29);;/q;2*+1. The van der Waals surface area contributed by atoms with Gasteiger partial charge in [0.15, 0.2) is 0 Å². The van der Waals surface area contributed by atoms with Gasteiger partial charge in [0.25, 0.3) is 20.2 Å². The van der Waals surface area contributed by atoms with Gasteiger partial charge in [0.05, 0.1) is 10.6 Å². The van der Waals surface area contributed by atoms with Crippen LogP contribution in [0.5, 0.6) is 5.75 Å². The topological polar surface area (TPSA) is 154 Å². The van der Waals surface area contributed by atoms with Crippen molar-refractivity contribution >= 4 is 53.2 Å². The molecule has 0 heterocycles. The maximum Gasteiger partial charge on any atom is 1.00 e. The summed E-state index contributed by atoms with van der Waals surface area (Å²) < 4.78 is 64.7. The number of azo groups is 1. The third kappa shape index (κ3) is 5.82. The number of benzene rings is 4. The van der Waals surface area contributed by atoms with E-state index >= 15 is 0 Å². The maximum atomic E-state index is 11.6. The molecule has 0 bridgehead atoms. The third-order valence-electron chi connectivity index (χ3n) is 4.64. The van der Waals surface area contributed by atoms with E-state index in [2.05, 4.69) is 10.2 Å². The number of phenols is 1. The van der Waals surface area contributed by atoms with Crippen molar-refractivity contribution in [3.63, 3.8) is 0 Å². The quantitative estimate of drug-likeness (QED) is 0.176. The number of fused-ring (bicyclic) bond motifs is 2. The number of aromatic hydroxyl groups is 1. The minimum absolute atomic E-state index is 0. The molecule has 0 radical (unpaired) electrons. The van der Waals surface area contributed by atoms with Crippen molar-refractivity contribution in [1.29, 1.82) is 0 Å². The fourth-order valence-electron chi connectivity index (χ4n) is 3.22. The van der Waals surface area contributed by atoms with E-state index in [1.54, 1.807) is 18.2 Å². The number of phenolic OH excluding ortho intramolecular Hbond substituents is 1. The number of nitrogens with zero attached hydrogens (tertiary/aromatic N) is 2. The van der Waals surface area contributed by atoms with Gasteiger partial charge in [-0.25, -0.2) is 0 Å². The first kappa shape index (κ1) is 27.9. The van der Waals surface area contributed by atoms with Crippen LogP contribution in [0.4, 0.5) is 11.4 Å². The van der Waals surface area contributed by atoms with Gasteiger partial charge in [-0.1, -0.05) is 36.4 Å². The first-order chi connectivity index (χ1) is 14.6. The van der Waals surface area contributed by atoms with E-state index in [-0.39, 0.29) is 91.4 Å². The Morgan fingerprint density at radius 2 is 1.33 bits per heavy atom. The van der Waals surface area contributed by atoms with Gasteiger partial charge in [0, 0.05) is 16.2 Å². The van der Waals surface area contributed by atoms with Crippen LogP contribution in [0, 0.1) is 0 Å². The number of hydrogen-bond donors (Lipinski definition) is 3. The zero-order chi connectivity index (χ0) is 22.4. The molecule has 13 heteroatoms. The molecule has 0 spiro atoms. The van der Waals surface area contributed by atoms with Crippen molar-refractivity contribution in [1.82, 2.24) is 0 Å². The molecule has 0 saturated carbocycles. The summed E-state index contributed by atoms with van der Waals surface area (Å²) in [5.41, 5.74) is 0.344. The Morgan fingerprint density at radius 3 is 1.97 bits per heavy atom. The van der Waals surface area contributed by atoms with Crippen LogP contribution in [0.25, 0.3) is 21.5 Å². The summed E-state index contributed by atoms with van der Waals surface area (Å²) in [5, 5.41) is 19.9. The minimum Gasteiger partial charge on any atom is -0.506 e. The zero-order valence-corrected chi connectivity index (χ0v) is 23.2. The van der Waals surface area contributed by atoms with Crippen LogP contribution in [0.2, 0.25) is 0 Å². The van der Waals surface area contributed by atoms with E-state index in [9.17, 15) is 31.0 Å². The number of rotatable bonds is 4. The average molecular weight is 504 g/mol. The Bertz CT molecular complexity index is 1610. The van der Waals surface area contributed by atoms with Gasteiger partial charge in [-0.3, -0.25) is 9.11 Å². The van der Waals surface area contributed by atoms with Crippen LogP contribution >= 0.6 is 0 Å². The molecule has 0 atom stereocenters. The van der Waals surface area contributed by atoms with Gasteiger partial charge in [-0.15, -0.1) is 10.2 Å². The smallest absolute Gasteiger partial charge is 0.506 e. The SMILES string of the molecule is O=S(=O)(O)c1ccc2c(N=Nc3ccc(S(=O)(=O)O)c4ccccc34)c(O)ccc2c1.[Na+].[Na+]. The minimum atomic E-state index is -4.45. The Kier molecular flexibility index (Phi) is 8.85. The van der Waals surface area contributed by atoms with Crippen molar-refractivity contribution in [3.8, 4) is 5.75 Å². The Hall–Kier alpha value is -1.38. The third-order valence-corrected chi connectivity index (χ3v) is 6.40. The normalized spacial score (nSPS) is 11.9. The fraction of sp³-hybridized carbons (Fsp3) is 0. The summed E-state index contributed by atoms with van der Waals surface area (Å²) in [6, 6.07) is 15.5. The first-order valence-corrected chi connectivity index (χ1v) is 11.6. The van der Waals surface area contributed by atoms with E-state index in [1.165, 1.54) is 48.5 Å². The summed E-state index contributed by atoms with van der Waals surface area (Å²) in [7, 11) is -8.85. The molecule has 3 N–H and O–H groups in total. The second kappa shape index (κ2) is 10.5. The molecular weight excluding hydrogens is 490 g/mol. The summed E-state index contributed by atoms with van der Waals surface area (Å²) in [6.45, 7) is 0. The van der Waals surface area contributed by atoms with Crippen LogP contribution < -0.4 is 59.1 Å². The molecule has 0 aliphatic heterocycles. The van der Waals surface area contributed by atoms with Crippen molar-refractivity contribution in [2.75, 3.05) is 0 Å². The summed E-state index contributed by atoms with van der Waals surface area (Å²) in [5.74, 6) is -0.213. The van der Waals surface area contributed by atoms with Crippen molar-refractivity contribution in [2.45, 2.75) is 9.79 Å². The van der Waals surface area contributed by atoms with Crippen LogP contribution in [0.15, 0.2) is 86.7 Å². The van der Waals surface area contributed by atoms with Crippen molar-refractivity contribution in [3.05, 3.63) is 66.7 Å².